The molecule has 1 aliphatic rings. The number of aromatic nitrogens is 2. The van der Waals surface area contributed by atoms with Crippen LogP contribution in [0.3, 0.4) is 0 Å². The van der Waals surface area contributed by atoms with Crippen molar-refractivity contribution in [3.63, 3.8) is 0 Å². The minimum atomic E-state index is -5.02. The van der Waals surface area contributed by atoms with Crippen molar-refractivity contribution in [3.05, 3.63) is 46.9 Å². The average molecular weight is 602 g/mol. The maximum absolute atomic E-state index is 12.9. The van der Waals surface area contributed by atoms with Crippen LogP contribution in [0.1, 0.15) is 25.7 Å². The van der Waals surface area contributed by atoms with Gasteiger partial charge < -0.3 is 15.0 Å². The summed E-state index contributed by atoms with van der Waals surface area (Å²) >= 11 is 3.05. The molecular formula is C24H27BrF3N5O3S. The van der Waals surface area contributed by atoms with Gasteiger partial charge in [-0.25, -0.2) is 18.1 Å². The smallest absolute Gasteiger partial charge is 0.404 e. The third-order valence-electron chi connectivity index (χ3n) is 6.15. The van der Waals surface area contributed by atoms with E-state index in [-0.39, 0.29) is 16.4 Å². The van der Waals surface area contributed by atoms with E-state index in [1.165, 1.54) is 6.07 Å². The first-order chi connectivity index (χ1) is 17.4. The Morgan fingerprint density at radius 1 is 1.08 bits per heavy atom. The number of anilines is 2. The van der Waals surface area contributed by atoms with E-state index in [1.807, 2.05) is 43.3 Å². The Hall–Kier alpha value is -2.64. The molecule has 37 heavy (non-hydrogen) atoms. The summed E-state index contributed by atoms with van der Waals surface area (Å²) in [5.74, 6) is 0.834. The normalized spacial score (nSPS) is 18.5. The number of alkyl halides is 3. The summed E-state index contributed by atoms with van der Waals surface area (Å²) in [6.07, 6.45) is -2.43. The second-order valence-electron chi connectivity index (χ2n) is 9.14. The second kappa shape index (κ2) is 11.0. The highest BCUT2D eigenvalue weighted by Gasteiger charge is 2.35. The first kappa shape index (κ1) is 27.4. The first-order valence-electron chi connectivity index (χ1n) is 11.7. The van der Waals surface area contributed by atoms with Crippen LogP contribution in [0.15, 0.2) is 51.8 Å². The number of rotatable bonds is 8. The van der Waals surface area contributed by atoms with Gasteiger partial charge in [-0.1, -0.05) is 28.1 Å². The molecule has 0 amide bonds. The van der Waals surface area contributed by atoms with E-state index < -0.39 is 27.0 Å². The van der Waals surface area contributed by atoms with Gasteiger partial charge in [-0.3, -0.25) is 0 Å². The molecule has 0 unspecified atom stereocenters. The Balaban J connectivity index is 1.36. The van der Waals surface area contributed by atoms with Crippen LogP contribution in [0.25, 0.3) is 10.9 Å². The zero-order chi connectivity index (χ0) is 26.8. The topological polar surface area (TPSA) is 96.5 Å². The first-order valence-corrected chi connectivity index (χ1v) is 13.9. The summed E-state index contributed by atoms with van der Waals surface area (Å²) in [5.41, 5.74) is 0.837. The predicted molar refractivity (Wildman–Crippen MR) is 139 cm³/mol. The molecule has 0 radical (unpaired) electrons. The molecule has 2 aromatic carbocycles. The number of hydrogen-bond donors (Lipinski definition) is 2. The summed E-state index contributed by atoms with van der Waals surface area (Å²) in [6, 6.07) is 10.8. The molecule has 1 aromatic heterocycles. The van der Waals surface area contributed by atoms with Crippen LogP contribution < -0.4 is 19.7 Å². The van der Waals surface area contributed by atoms with Crippen LogP contribution >= 0.6 is 15.9 Å². The lowest BCUT2D eigenvalue weighted by Crippen LogP contribution is -2.38. The quantitative estimate of drug-likeness (QED) is 0.361. The Labute approximate surface area is 221 Å². The molecule has 0 spiro atoms. The molecule has 0 bridgehead atoms. The lowest BCUT2D eigenvalue weighted by atomic mass is 9.86. The van der Waals surface area contributed by atoms with Gasteiger partial charge in [0.05, 0.1) is 5.52 Å². The maximum atomic E-state index is 12.9. The number of benzene rings is 2. The van der Waals surface area contributed by atoms with E-state index >= 15 is 0 Å². The van der Waals surface area contributed by atoms with Gasteiger partial charge in [-0.05, 0) is 61.9 Å². The minimum absolute atomic E-state index is 0.270. The predicted octanol–water partition coefficient (Wildman–Crippen LogP) is 5.31. The summed E-state index contributed by atoms with van der Waals surface area (Å²) in [4.78, 5) is 10.6. The fourth-order valence-corrected chi connectivity index (χ4v) is 6.15. The number of sulfonamides is 1. The monoisotopic (exact) mass is 601 g/mol. The molecule has 1 saturated carbocycles. The van der Waals surface area contributed by atoms with Crippen molar-refractivity contribution in [2.45, 2.75) is 43.0 Å². The Morgan fingerprint density at radius 3 is 2.46 bits per heavy atom. The number of nitrogens with one attached hydrogen (secondary N) is 2. The number of para-hydroxylation sites is 1. The SMILES string of the molecule is CN(C)c1nc(NC[C@H]2CC[C@H](NS(=O)(=O)c3ccc(Br)cc3OC(F)(F)F)CC2)nc2ccccc12. The molecule has 3 aromatic rings. The zero-order valence-corrected chi connectivity index (χ0v) is 22.6. The van der Waals surface area contributed by atoms with E-state index in [0.29, 0.717) is 25.3 Å². The largest absolute Gasteiger partial charge is 0.573 e. The molecule has 13 heteroatoms. The molecule has 0 atom stereocenters. The molecule has 2 N–H and O–H groups in total. The van der Waals surface area contributed by atoms with E-state index in [2.05, 4.69) is 40.7 Å². The second-order valence-corrected chi connectivity index (χ2v) is 11.7. The van der Waals surface area contributed by atoms with E-state index in [0.717, 1.165) is 41.7 Å². The standard InChI is InChI=1S/C24H27BrF3N5O3S/c1-33(2)22-18-5-3-4-6-19(18)30-23(31-22)29-14-15-7-10-17(11-8-15)32-37(34,35)21-12-9-16(25)13-20(21)36-24(26,27)28/h3-6,9,12-13,15,17,32H,7-8,10-11,14H2,1-2H3,(H,29,30,31)/t15-,17-. The molecule has 200 valence electrons. The van der Waals surface area contributed by atoms with Crippen LogP contribution in [0.5, 0.6) is 5.75 Å². The van der Waals surface area contributed by atoms with E-state index in [1.54, 1.807) is 0 Å². The van der Waals surface area contributed by atoms with Crippen LogP contribution in [-0.2, 0) is 10.0 Å². The Kier molecular flexibility index (Phi) is 8.14. The van der Waals surface area contributed by atoms with Crippen molar-refractivity contribution < 1.29 is 26.3 Å². The fraction of sp³-hybridized carbons (Fsp3) is 0.417. The van der Waals surface area contributed by atoms with Crippen molar-refractivity contribution in [3.8, 4) is 5.75 Å². The fourth-order valence-electron chi connectivity index (χ4n) is 4.39. The van der Waals surface area contributed by atoms with Gasteiger partial charge in [0.25, 0.3) is 0 Å². The summed E-state index contributed by atoms with van der Waals surface area (Å²) in [5, 5.41) is 4.27. The van der Waals surface area contributed by atoms with Crippen molar-refractivity contribution in [2.24, 2.45) is 5.92 Å². The van der Waals surface area contributed by atoms with Crippen molar-refractivity contribution >= 4 is 48.6 Å². The Bertz CT molecular complexity index is 1360. The minimum Gasteiger partial charge on any atom is -0.404 e. The summed E-state index contributed by atoms with van der Waals surface area (Å²) in [7, 11) is -0.374. The van der Waals surface area contributed by atoms with Gasteiger partial charge in [-0.2, -0.15) is 4.98 Å². The number of ether oxygens (including phenoxy) is 1. The molecule has 8 nitrogen and oxygen atoms in total. The highest BCUT2D eigenvalue weighted by molar-refractivity contribution is 9.10. The van der Waals surface area contributed by atoms with Crippen LogP contribution in [0.2, 0.25) is 0 Å². The van der Waals surface area contributed by atoms with E-state index in [9.17, 15) is 21.6 Å². The number of fused-ring (bicyclic) bond motifs is 1. The van der Waals surface area contributed by atoms with Crippen molar-refractivity contribution in [2.75, 3.05) is 30.9 Å². The van der Waals surface area contributed by atoms with Crippen LogP contribution in [0, 0.1) is 5.92 Å². The molecule has 1 heterocycles. The van der Waals surface area contributed by atoms with Gasteiger partial charge in [0.2, 0.25) is 16.0 Å². The van der Waals surface area contributed by atoms with Gasteiger partial charge in [-0.15, -0.1) is 13.2 Å². The maximum Gasteiger partial charge on any atom is 0.573 e. The molecular weight excluding hydrogens is 575 g/mol. The number of hydrogen-bond acceptors (Lipinski definition) is 7. The Morgan fingerprint density at radius 2 is 1.78 bits per heavy atom. The third-order valence-corrected chi connectivity index (χ3v) is 8.20. The highest BCUT2D eigenvalue weighted by atomic mass is 79.9. The van der Waals surface area contributed by atoms with Crippen molar-refractivity contribution in [1.82, 2.24) is 14.7 Å². The lowest BCUT2D eigenvalue weighted by Gasteiger charge is -2.29. The number of halogens is 4. The van der Waals surface area contributed by atoms with Gasteiger partial charge in [0.15, 0.2) is 5.75 Å². The highest BCUT2D eigenvalue weighted by Crippen LogP contribution is 2.33. The van der Waals surface area contributed by atoms with E-state index in [4.69, 9.17) is 0 Å². The molecule has 0 saturated heterocycles. The zero-order valence-electron chi connectivity index (χ0n) is 20.2. The number of nitrogens with zero attached hydrogens (tertiary/aromatic N) is 3. The van der Waals surface area contributed by atoms with Crippen molar-refractivity contribution in [1.29, 1.82) is 0 Å². The summed E-state index contributed by atoms with van der Waals surface area (Å²) < 4.78 is 71.0. The molecule has 1 aliphatic carbocycles. The third kappa shape index (κ3) is 7.02. The van der Waals surface area contributed by atoms with Crippen LogP contribution in [-0.4, -0.2) is 51.4 Å². The summed E-state index contributed by atoms with van der Waals surface area (Å²) in [6.45, 7) is 0.626. The molecule has 1 fully saturated rings. The van der Waals surface area contributed by atoms with Gasteiger partial charge in [0.1, 0.15) is 10.7 Å². The lowest BCUT2D eigenvalue weighted by molar-refractivity contribution is -0.275. The van der Waals surface area contributed by atoms with Gasteiger partial charge in [0, 0.05) is 36.5 Å². The molecule has 0 aliphatic heterocycles. The molecule has 4 rings (SSSR count). The average Bonchev–Trinajstić information content (AvgIpc) is 2.81. The van der Waals surface area contributed by atoms with Crippen LogP contribution in [0.4, 0.5) is 24.9 Å². The van der Waals surface area contributed by atoms with Gasteiger partial charge >= 0.3 is 6.36 Å².